The summed E-state index contributed by atoms with van der Waals surface area (Å²) in [6.07, 6.45) is 5.91. The minimum atomic E-state index is 0.455. The lowest BCUT2D eigenvalue weighted by molar-refractivity contribution is 0.125. The van der Waals surface area contributed by atoms with E-state index in [0.29, 0.717) is 11.3 Å². The average molecular weight is 200 g/mol. The summed E-state index contributed by atoms with van der Waals surface area (Å²) in [5.74, 6) is 0.455. The summed E-state index contributed by atoms with van der Waals surface area (Å²) in [6, 6.07) is 0. The van der Waals surface area contributed by atoms with E-state index < -0.39 is 0 Å². The van der Waals surface area contributed by atoms with Crippen molar-refractivity contribution in [2.45, 2.75) is 38.6 Å². The van der Waals surface area contributed by atoms with Crippen LogP contribution in [0, 0.1) is 5.41 Å². The van der Waals surface area contributed by atoms with Gasteiger partial charge in [0.15, 0.2) is 0 Å². The van der Waals surface area contributed by atoms with Gasteiger partial charge in [-0.1, -0.05) is 18.6 Å². The lowest BCUT2D eigenvalue weighted by Gasteiger charge is -2.37. The van der Waals surface area contributed by atoms with Crippen LogP contribution in [0.2, 0.25) is 0 Å². The first-order valence-corrected chi connectivity index (χ1v) is 5.20. The molecule has 0 unspecified atom stereocenters. The first kappa shape index (κ1) is 9.00. The van der Waals surface area contributed by atoms with Crippen LogP contribution >= 0.6 is 11.6 Å². The van der Waals surface area contributed by atoms with E-state index in [4.69, 9.17) is 11.6 Å². The van der Waals surface area contributed by atoms with E-state index >= 15 is 0 Å². The standard InChI is InChI=1S/C9H14ClN3/c1-9(3-2-4-9)7-13-6-8(5-10)11-12-13/h6H,2-5,7H2,1H3. The summed E-state index contributed by atoms with van der Waals surface area (Å²) in [7, 11) is 0. The molecule has 0 aromatic carbocycles. The second kappa shape index (κ2) is 3.29. The van der Waals surface area contributed by atoms with Gasteiger partial charge >= 0.3 is 0 Å². The molecule has 0 bridgehead atoms. The minimum Gasteiger partial charge on any atom is -0.252 e. The summed E-state index contributed by atoms with van der Waals surface area (Å²) in [5.41, 5.74) is 1.32. The van der Waals surface area contributed by atoms with E-state index in [0.717, 1.165) is 12.2 Å². The normalized spacial score (nSPS) is 19.8. The largest absolute Gasteiger partial charge is 0.252 e. The van der Waals surface area contributed by atoms with E-state index in [1.165, 1.54) is 19.3 Å². The predicted octanol–water partition coefficient (Wildman–Crippen LogP) is 2.21. The van der Waals surface area contributed by atoms with Crippen LogP contribution in [0.1, 0.15) is 31.9 Å². The third-order valence-corrected chi connectivity index (χ3v) is 3.10. The fourth-order valence-electron chi connectivity index (χ4n) is 1.81. The monoisotopic (exact) mass is 199 g/mol. The molecule has 0 N–H and O–H groups in total. The molecule has 0 atom stereocenters. The van der Waals surface area contributed by atoms with Gasteiger partial charge in [0.2, 0.25) is 0 Å². The molecule has 1 aliphatic carbocycles. The maximum atomic E-state index is 5.64. The molecule has 1 aromatic rings. The number of hydrogen-bond donors (Lipinski definition) is 0. The molecule has 0 aliphatic heterocycles. The molecule has 0 radical (unpaired) electrons. The van der Waals surface area contributed by atoms with Crippen molar-refractivity contribution in [3.05, 3.63) is 11.9 Å². The number of halogens is 1. The minimum absolute atomic E-state index is 0.455. The SMILES string of the molecule is CC1(Cn2cc(CCl)nn2)CCC1. The lowest BCUT2D eigenvalue weighted by Crippen LogP contribution is -2.30. The highest BCUT2D eigenvalue weighted by Crippen LogP contribution is 2.41. The van der Waals surface area contributed by atoms with E-state index in [-0.39, 0.29) is 0 Å². The number of aromatic nitrogens is 3. The van der Waals surface area contributed by atoms with Crippen LogP contribution < -0.4 is 0 Å². The fourth-order valence-corrected chi connectivity index (χ4v) is 1.93. The lowest BCUT2D eigenvalue weighted by atomic mass is 9.70. The first-order chi connectivity index (χ1) is 6.22. The van der Waals surface area contributed by atoms with Crippen LogP contribution in [-0.4, -0.2) is 15.0 Å². The van der Waals surface area contributed by atoms with Crippen molar-refractivity contribution >= 4 is 11.6 Å². The molecule has 1 saturated carbocycles. The predicted molar refractivity (Wildman–Crippen MR) is 51.5 cm³/mol. The summed E-state index contributed by atoms with van der Waals surface area (Å²) in [6.45, 7) is 3.29. The van der Waals surface area contributed by atoms with Crippen molar-refractivity contribution in [1.29, 1.82) is 0 Å². The van der Waals surface area contributed by atoms with Crippen molar-refractivity contribution in [2.24, 2.45) is 5.41 Å². The molecule has 4 heteroatoms. The smallest absolute Gasteiger partial charge is 0.0974 e. The molecule has 2 rings (SSSR count). The zero-order valence-electron chi connectivity index (χ0n) is 7.83. The summed E-state index contributed by atoms with van der Waals surface area (Å²) in [4.78, 5) is 0. The number of alkyl halides is 1. The molecule has 1 heterocycles. The van der Waals surface area contributed by atoms with Gasteiger partial charge in [-0.3, -0.25) is 4.68 Å². The zero-order chi connectivity index (χ0) is 9.31. The number of rotatable bonds is 3. The Morgan fingerprint density at radius 3 is 2.85 bits per heavy atom. The van der Waals surface area contributed by atoms with E-state index in [1.807, 2.05) is 10.9 Å². The molecule has 0 spiro atoms. The molecular formula is C9H14ClN3. The zero-order valence-corrected chi connectivity index (χ0v) is 8.59. The van der Waals surface area contributed by atoms with Crippen LogP contribution in [0.25, 0.3) is 0 Å². The first-order valence-electron chi connectivity index (χ1n) is 4.67. The molecule has 1 aliphatic rings. The molecule has 13 heavy (non-hydrogen) atoms. The fraction of sp³-hybridized carbons (Fsp3) is 0.778. The van der Waals surface area contributed by atoms with Crippen molar-refractivity contribution in [2.75, 3.05) is 0 Å². The van der Waals surface area contributed by atoms with Gasteiger partial charge in [0.05, 0.1) is 11.6 Å². The summed E-state index contributed by atoms with van der Waals surface area (Å²) >= 11 is 5.64. The van der Waals surface area contributed by atoms with Gasteiger partial charge in [0.1, 0.15) is 0 Å². The van der Waals surface area contributed by atoms with Crippen LogP contribution in [-0.2, 0) is 12.4 Å². The highest BCUT2D eigenvalue weighted by molar-refractivity contribution is 6.16. The Kier molecular flexibility index (Phi) is 2.28. The van der Waals surface area contributed by atoms with Gasteiger partial charge in [-0.15, -0.1) is 16.7 Å². The Morgan fingerprint density at radius 1 is 1.62 bits per heavy atom. The molecule has 0 saturated heterocycles. The van der Waals surface area contributed by atoms with Gasteiger partial charge in [0, 0.05) is 12.7 Å². The third-order valence-electron chi connectivity index (χ3n) is 2.83. The van der Waals surface area contributed by atoms with Crippen LogP contribution in [0.15, 0.2) is 6.20 Å². The Bertz CT molecular complexity index is 291. The van der Waals surface area contributed by atoms with E-state index in [1.54, 1.807) is 0 Å². The maximum Gasteiger partial charge on any atom is 0.0974 e. The Labute approximate surface area is 83.1 Å². The Morgan fingerprint density at radius 2 is 2.38 bits per heavy atom. The molecule has 1 fully saturated rings. The molecule has 0 amide bonds. The van der Waals surface area contributed by atoms with Crippen molar-refractivity contribution < 1.29 is 0 Å². The molecule has 1 aromatic heterocycles. The van der Waals surface area contributed by atoms with Crippen molar-refractivity contribution in [1.82, 2.24) is 15.0 Å². The number of hydrogen-bond acceptors (Lipinski definition) is 2. The third kappa shape index (κ3) is 1.85. The molecule has 72 valence electrons. The van der Waals surface area contributed by atoms with Crippen LogP contribution in [0.3, 0.4) is 0 Å². The maximum absolute atomic E-state index is 5.64. The van der Waals surface area contributed by atoms with E-state index in [2.05, 4.69) is 17.2 Å². The van der Waals surface area contributed by atoms with Gasteiger partial charge in [-0.2, -0.15) is 0 Å². The average Bonchev–Trinajstić information content (AvgIpc) is 2.49. The summed E-state index contributed by atoms with van der Waals surface area (Å²) in [5, 5.41) is 7.99. The van der Waals surface area contributed by atoms with Crippen LogP contribution in [0.5, 0.6) is 0 Å². The Balaban J connectivity index is 2.01. The van der Waals surface area contributed by atoms with Crippen molar-refractivity contribution in [3.8, 4) is 0 Å². The van der Waals surface area contributed by atoms with Gasteiger partial charge in [-0.05, 0) is 18.3 Å². The highest BCUT2D eigenvalue weighted by Gasteiger charge is 2.32. The molecule has 3 nitrogen and oxygen atoms in total. The highest BCUT2D eigenvalue weighted by atomic mass is 35.5. The second-order valence-electron chi connectivity index (χ2n) is 4.21. The second-order valence-corrected chi connectivity index (χ2v) is 4.47. The molecular weight excluding hydrogens is 186 g/mol. The van der Waals surface area contributed by atoms with Gasteiger partial charge < -0.3 is 0 Å². The van der Waals surface area contributed by atoms with Gasteiger partial charge in [-0.25, -0.2) is 0 Å². The Hall–Kier alpha value is -0.570. The van der Waals surface area contributed by atoms with Crippen LogP contribution in [0.4, 0.5) is 0 Å². The van der Waals surface area contributed by atoms with Gasteiger partial charge in [0.25, 0.3) is 0 Å². The topological polar surface area (TPSA) is 30.7 Å². The quantitative estimate of drug-likeness (QED) is 0.699. The van der Waals surface area contributed by atoms with Crippen molar-refractivity contribution in [3.63, 3.8) is 0 Å². The van der Waals surface area contributed by atoms with E-state index in [9.17, 15) is 0 Å². The number of nitrogens with zero attached hydrogens (tertiary/aromatic N) is 3. The summed E-state index contributed by atoms with van der Waals surface area (Å²) < 4.78 is 1.91.